The molecule has 11 aromatic rings. The predicted molar refractivity (Wildman–Crippen MR) is 229 cm³/mol. The highest BCUT2D eigenvalue weighted by Crippen LogP contribution is 2.41. The molecule has 0 aliphatic carbocycles. The fraction of sp³-hybridized carbons (Fsp3) is 0. The van der Waals surface area contributed by atoms with Crippen molar-refractivity contribution in [2.24, 2.45) is 0 Å². The van der Waals surface area contributed by atoms with Crippen LogP contribution in [0.4, 0.5) is 0 Å². The molecule has 0 atom stereocenters. The van der Waals surface area contributed by atoms with Crippen LogP contribution in [0.3, 0.4) is 0 Å². The van der Waals surface area contributed by atoms with E-state index in [-0.39, 0.29) is 0 Å². The summed E-state index contributed by atoms with van der Waals surface area (Å²) in [5.41, 5.74) is 11.1. The van der Waals surface area contributed by atoms with E-state index in [2.05, 4.69) is 182 Å². The molecule has 0 fully saturated rings. The average molecular weight is 701 g/mol. The van der Waals surface area contributed by atoms with Gasteiger partial charge in [-0.15, -0.1) is 0 Å². The van der Waals surface area contributed by atoms with Crippen molar-refractivity contribution < 1.29 is 4.42 Å². The molecule has 2 aromatic heterocycles. The fourth-order valence-electron chi connectivity index (χ4n) is 8.24. The number of nitrogens with zero attached hydrogens (tertiary/aromatic N) is 2. The van der Waals surface area contributed by atoms with E-state index >= 15 is 0 Å². The molecule has 0 saturated heterocycles. The zero-order chi connectivity index (χ0) is 36.3. The Balaban J connectivity index is 1.10. The second-order valence-corrected chi connectivity index (χ2v) is 14.1. The molecule has 9 aromatic carbocycles. The molecule has 0 saturated carbocycles. The van der Waals surface area contributed by atoms with Crippen molar-refractivity contribution in [3.05, 3.63) is 194 Å². The third-order valence-electron chi connectivity index (χ3n) is 10.9. The molecule has 0 N–H and O–H groups in total. The summed E-state index contributed by atoms with van der Waals surface area (Å²) < 4.78 is 6.18. The van der Waals surface area contributed by atoms with Crippen LogP contribution in [0.1, 0.15) is 0 Å². The molecule has 256 valence electrons. The normalized spacial score (nSPS) is 11.6. The van der Waals surface area contributed by atoms with E-state index in [0.717, 1.165) is 66.7 Å². The maximum atomic E-state index is 6.18. The van der Waals surface area contributed by atoms with Crippen LogP contribution in [0.25, 0.3) is 110 Å². The van der Waals surface area contributed by atoms with Gasteiger partial charge in [0.05, 0.1) is 11.4 Å². The van der Waals surface area contributed by atoms with Crippen LogP contribution in [0, 0.1) is 0 Å². The highest BCUT2D eigenvalue weighted by atomic mass is 16.3. The van der Waals surface area contributed by atoms with Gasteiger partial charge in [0.1, 0.15) is 11.2 Å². The maximum absolute atomic E-state index is 6.18. The molecule has 3 heteroatoms. The first kappa shape index (κ1) is 31.2. The summed E-state index contributed by atoms with van der Waals surface area (Å²) in [5, 5.41) is 9.63. The van der Waals surface area contributed by atoms with E-state index in [4.69, 9.17) is 14.4 Å². The number of rotatable bonds is 5. The van der Waals surface area contributed by atoms with Crippen LogP contribution >= 0.6 is 0 Å². The Morgan fingerprint density at radius 3 is 1.80 bits per heavy atom. The number of furan rings is 1. The molecule has 0 aliphatic rings. The summed E-state index contributed by atoms with van der Waals surface area (Å²) in [7, 11) is 0. The van der Waals surface area contributed by atoms with Gasteiger partial charge >= 0.3 is 0 Å². The van der Waals surface area contributed by atoms with Gasteiger partial charge in [0, 0.05) is 27.5 Å². The van der Waals surface area contributed by atoms with Gasteiger partial charge in [-0.3, -0.25) is 0 Å². The lowest BCUT2D eigenvalue weighted by Gasteiger charge is -2.15. The summed E-state index contributed by atoms with van der Waals surface area (Å²) in [5.74, 6) is 0.674. The molecule has 0 bridgehead atoms. The maximum Gasteiger partial charge on any atom is 0.160 e. The molecule has 2 heterocycles. The predicted octanol–water partition coefficient (Wildman–Crippen LogP) is 14.2. The first-order valence-corrected chi connectivity index (χ1v) is 18.6. The van der Waals surface area contributed by atoms with Crippen LogP contribution in [-0.2, 0) is 0 Å². The number of benzene rings is 9. The van der Waals surface area contributed by atoms with E-state index in [0.29, 0.717) is 5.82 Å². The Morgan fingerprint density at radius 2 is 0.945 bits per heavy atom. The molecule has 0 amide bonds. The highest BCUT2D eigenvalue weighted by Gasteiger charge is 2.17. The minimum absolute atomic E-state index is 0.674. The number of hydrogen-bond acceptors (Lipinski definition) is 3. The standard InChI is InChI=1S/C52H32N2O/c1-2-12-33(13-3-1)39-16-8-9-19-42(39)48-32-47(38-27-29-50-46(31-38)43-20-10-11-21-49(43)55-50)53-52(54-48)36-24-22-35(23-25-36)51-41-18-7-5-15-37(41)30-45-40-17-6-4-14-34(40)26-28-44(45)51/h1-32H. The Labute approximate surface area is 317 Å². The Bertz CT molecular complexity index is 3250. The van der Waals surface area contributed by atoms with Crippen LogP contribution in [0.5, 0.6) is 0 Å². The molecular formula is C52H32N2O. The van der Waals surface area contributed by atoms with Crippen LogP contribution in [0.2, 0.25) is 0 Å². The van der Waals surface area contributed by atoms with Crippen molar-refractivity contribution in [2.45, 2.75) is 0 Å². The van der Waals surface area contributed by atoms with E-state index in [9.17, 15) is 0 Å². The van der Waals surface area contributed by atoms with Gasteiger partial charge in [-0.05, 0) is 91.0 Å². The lowest BCUT2D eigenvalue weighted by molar-refractivity contribution is 0.669. The van der Waals surface area contributed by atoms with Crippen LogP contribution in [-0.4, -0.2) is 9.97 Å². The third kappa shape index (κ3) is 5.28. The van der Waals surface area contributed by atoms with Gasteiger partial charge in [-0.1, -0.05) is 158 Å². The Hall–Kier alpha value is -7.36. The monoisotopic (exact) mass is 700 g/mol. The average Bonchev–Trinajstić information content (AvgIpc) is 3.64. The lowest BCUT2D eigenvalue weighted by Crippen LogP contribution is -1.97. The van der Waals surface area contributed by atoms with Gasteiger partial charge < -0.3 is 4.42 Å². The van der Waals surface area contributed by atoms with Gasteiger partial charge in [-0.2, -0.15) is 0 Å². The zero-order valence-corrected chi connectivity index (χ0v) is 29.8. The second kappa shape index (κ2) is 12.6. The topological polar surface area (TPSA) is 38.9 Å². The van der Waals surface area contributed by atoms with Crippen molar-refractivity contribution in [2.75, 3.05) is 0 Å². The number of fused-ring (bicyclic) bond motifs is 7. The second-order valence-electron chi connectivity index (χ2n) is 14.1. The molecule has 0 unspecified atom stereocenters. The first-order chi connectivity index (χ1) is 27.2. The smallest absolute Gasteiger partial charge is 0.160 e. The molecule has 0 spiro atoms. The molecular weight excluding hydrogens is 669 g/mol. The van der Waals surface area contributed by atoms with Gasteiger partial charge in [-0.25, -0.2) is 9.97 Å². The zero-order valence-electron chi connectivity index (χ0n) is 29.8. The number of aromatic nitrogens is 2. The Morgan fingerprint density at radius 1 is 0.309 bits per heavy atom. The number of para-hydroxylation sites is 1. The van der Waals surface area contributed by atoms with Crippen molar-refractivity contribution >= 4 is 54.3 Å². The Kier molecular flexibility index (Phi) is 7.17. The largest absolute Gasteiger partial charge is 0.456 e. The minimum atomic E-state index is 0.674. The van der Waals surface area contributed by atoms with Crippen molar-refractivity contribution in [1.29, 1.82) is 0 Å². The van der Waals surface area contributed by atoms with E-state index in [1.165, 1.54) is 37.9 Å². The summed E-state index contributed by atoms with van der Waals surface area (Å²) in [4.78, 5) is 10.6. The summed E-state index contributed by atoms with van der Waals surface area (Å²) in [6.45, 7) is 0. The SMILES string of the molecule is c1ccc(-c2ccccc2-c2cc(-c3ccc4oc5ccccc5c4c3)nc(-c3ccc(-c4c5ccccc5cc5c4ccc4ccccc45)cc3)n2)cc1. The summed E-state index contributed by atoms with van der Waals surface area (Å²) >= 11 is 0. The highest BCUT2D eigenvalue weighted by molar-refractivity contribution is 6.20. The van der Waals surface area contributed by atoms with E-state index < -0.39 is 0 Å². The molecule has 3 nitrogen and oxygen atoms in total. The van der Waals surface area contributed by atoms with E-state index in [1.54, 1.807) is 0 Å². The van der Waals surface area contributed by atoms with E-state index in [1.807, 2.05) is 12.1 Å². The minimum Gasteiger partial charge on any atom is -0.456 e. The molecule has 0 radical (unpaired) electrons. The van der Waals surface area contributed by atoms with Gasteiger partial charge in [0.2, 0.25) is 0 Å². The quantitative estimate of drug-likeness (QED) is 0.133. The van der Waals surface area contributed by atoms with Crippen LogP contribution < -0.4 is 0 Å². The van der Waals surface area contributed by atoms with Gasteiger partial charge in [0.25, 0.3) is 0 Å². The van der Waals surface area contributed by atoms with Crippen molar-refractivity contribution in [3.8, 4) is 56.2 Å². The molecule has 11 rings (SSSR count). The van der Waals surface area contributed by atoms with Gasteiger partial charge in [0.15, 0.2) is 5.82 Å². The van der Waals surface area contributed by atoms with Crippen molar-refractivity contribution in [3.63, 3.8) is 0 Å². The number of hydrogen-bond donors (Lipinski definition) is 0. The summed E-state index contributed by atoms with van der Waals surface area (Å²) in [6.07, 6.45) is 0. The first-order valence-electron chi connectivity index (χ1n) is 18.6. The third-order valence-corrected chi connectivity index (χ3v) is 10.9. The lowest BCUT2D eigenvalue weighted by atomic mass is 9.89. The summed E-state index contributed by atoms with van der Waals surface area (Å²) in [6, 6.07) is 68.7. The van der Waals surface area contributed by atoms with Crippen molar-refractivity contribution in [1.82, 2.24) is 9.97 Å². The molecule has 55 heavy (non-hydrogen) atoms. The fourth-order valence-corrected chi connectivity index (χ4v) is 8.24. The van der Waals surface area contributed by atoms with Crippen LogP contribution in [0.15, 0.2) is 199 Å². The molecule has 0 aliphatic heterocycles.